The molecule has 37 heavy (non-hydrogen) atoms. The summed E-state index contributed by atoms with van der Waals surface area (Å²) in [5, 5.41) is 10.4. The van der Waals surface area contributed by atoms with Gasteiger partial charge in [0, 0.05) is 24.4 Å². The topological polar surface area (TPSA) is 134 Å². The number of nitrogens with zero attached hydrogens (tertiary/aromatic N) is 2. The van der Waals surface area contributed by atoms with E-state index in [0.717, 1.165) is 23.3 Å². The zero-order chi connectivity index (χ0) is 27.9. The Hall–Kier alpha value is -3.31. The van der Waals surface area contributed by atoms with E-state index in [1.807, 2.05) is 52.8 Å². The van der Waals surface area contributed by atoms with Gasteiger partial charge in [0.1, 0.15) is 11.4 Å². The summed E-state index contributed by atoms with van der Waals surface area (Å²) in [6.45, 7) is 10.4. The molecule has 1 fully saturated rings. The van der Waals surface area contributed by atoms with Gasteiger partial charge in [0.2, 0.25) is 11.8 Å². The van der Waals surface area contributed by atoms with Crippen LogP contribution in [0.5, 0.6) is 5.75 Å². The van der Waals surface area contributed by atoms with Gasteiger partial charge in [0.25, 0.3) is 0 Å². The lowest BCUT2D eigenvalue weighted by Crippen LogP contribution is -2.50. The number of carboxylic acid groups (broad SMARTS) is 1. The van der Waals surface area contributed by atoms with Gasteiger partial charge in [-0.1, -0.05) is 12.1 Å². The summed E-state index contributed by atoms with van der Waals surface area (Å²) in [5.41, 5.74) is 7.38. The highest BCUT2D eigenvalue weighted by molar-refractivity contribution is 5.99. The van der Waals surface area contributed by atoms with Crippen LogP contribution < -0.4 is 15.8 Å². The summed E-state index contributed by atoms with van der Waals surface area (Å²) in [7, 11) is 0. The number of hydrogen-bond donors (Lipinski definition) is 3. The lowest BCUT2D eigenvalue weighted by atomic mass is 9.89. The maximum Gasteiger partial charge on any atom is 0.490 e. The van der Waals surface area contributed by atoms with Crippen LogP contribution in [0, 0.1) is 18.8 Å². The molecule has 1 aromatic carbocycles. The van der Waals surface area contributed by atoms with Gasteiger partial charge in [-0.15, -0.1) is 0 Å². The molecule has 9 nitrogen and oxygen atoms in total. The number of ether oxygens (including phenoxy) is 1. The molecule has 0 spiro atoms. The molecule has 4 rings (SSSR count). The van der Waals surface area contributed by atoms with E-state index in [1.54, 1.807) is 4.90 Å². The van der Waals surface area contributed by atoms with Crippen LogP contribution in [0.1, 0.15) is 64.1 Å². The number of alkyl halides is 3. The van der Waals surface area contributed by atoms with Gasteiger partial charge in [0.05, 0.1) is 18.0 Å². The van der Waals surface area contributed by atoms with Crippen molar-refractivity contribution in [3.8, 4) is 5.75 Å². The average molecular weight is 527 g/mol. The van der Waals surface area contributed by atoms with E-state index >= 15 is 0 Å². The third-order valence-corrected chi connectivity index (χ3v) is 6.44. The first-order chi connectivity index (χ1) is 16.9. The quantitative estimate of drug-likeness (QED) is 0.551. The standard InChI is InChI=1S/C23H32N4O3.C2HF3O2/c1-13-6-7-15-17(10-23(4,5)30-18(15)8-13)25-20(29)16-9-14(16)12-27-19(28)11-22(2,3)26-21(27)24;3-2(4,5)1(6)7/h6-8,14,16-17H,9-12H2,1-5H3,(H2,24,26)(H,25,29);(H,6,7)/t14-,16+,17?;/m0./s1. The number of carbonyl (C=O) groups excluding carboxylic acids is 2. The van der Waals surface area contributed by atoms with Crippen LogP contribution in [-0.4, -0.2) is 57.6 Å². The molecule has 0 aromatic heterocycles. The van der Waals surface area contributed by atoms with Crippen molar-refractivity contribution in [2.75, 3.05) is 6.54 Å². The Morgan fingerprint density at radius 1 is 1.27 bits per heavy atom. The second-order valence-electron chi connectivity index (χ2n) is 11.0. The number of hydrogen-bond acceptors (Lipinski definition) is 6. The Bertz CT molecular complexity index is 1120. The number of nitrogens with one attached hydrogen (secondary N) is 1. The van der Waals surface area contributed by atoms with Gasteiger partial charge in [-0.3, -0.25) is 14.5 Å². The molecule has 1 saturated carbocycles. The van der Waals surface area contributed by atoms with Crippen LogP contribution in [0.3, 0.4) is 0 Å². The second-order valence-corrected chi connectivity index (χ2v) is 11.0. The minimum absolute atomic E-state index is 0.0194. The van der Waals surface area contributed by atoms with Gasteiger partial charge in [-0.05, 0) is 58.6 Å². The molecule has 204 valence electrons. The number of carbonyl (C=O) groups is 3. The fourth-order valence-electron chi connectivity index (χ4n) is 4.57. The van der Waals surface area contributed by atoms with Crippen LogP contribution in [0.4, 0.5) is 13.2 Å². The summed E-state index contributed by atoms with van der Waals surface area (Å²) in [4.78, 5) is 40.3. The molecule has 1 aliphatic carbocycles. The lowest BCUT2D eigenvalue weighted by molar-refractivity contribution is -0.192. The number of benzene rings is 1. The number of rotatable bonds is 4. The molecular weight excluding hydrogens is 493 g/mol. The molecule has 1 aromatic rings. The Balaban J connectivity index is 0.000000479. The number of halogens is 3. The van der Waals surface area contributed by atoms with Gasteiger partial charge < -0.3 is 20.9 Å². The van der Waals surface area contributed by atoms with E-state index in [9.17, 15) is 22.8 Å². The van der Waals surface area contributed by atoms with Crippen LogP contribution in [0.25, 0.3) is 0 Å². The predicted molar refractivity (Wildman–Crippen MR) is 129 cm³/mol. The van der Waals surface area contributed by atoms with Crippen molar-refractivity contribution < 1.29 is 37.4 Å². The summed E-state index contributed by atoms with van der Waals surface area (Å²) in [6, 6.07) is 6.04. The van der Waals surface area contributed by atoms with Crippen LogP contribution in [0.15, 0.2) is 23.2 Å². The lowest BCUT2D eigenvalue weighted by Gasteiger charge is -2.38. The van der Waals surface area contributed by atoms with E-state index < -0.39 is 17.7 Å². The Morgan fingerprint density at radius 3 is 2.46 bits per heavy atom. The third-order valence-electron chi connectivity index (χ3n) is 6.44. The monoisotopic (exact) mass is 526 g/mol. The number of amides is 2. The maximum atomic E-state index is 13.0. The molecule has 2 heterocycles. The van der Waals surface area contributed by atoms with Crippen molar-refractivity contribution in [3.05, 3.63) is 29.3 Å². The first-order valence-corrected chi connectivity index (χ1v) is 11.9. The van der Waals surface area contributed by atoms with Crippen molar-refractivity contribution in [1.82, 2.24) is 10.2 Å². The smallest absolute Gasteiger partial charge is 0.487 e. The Kier molecular flexibility index (Phi) is 7.54. The SMILES string of the molecule is Cc1ccc2c(c1)OC(C)(C)CC2NC(=O)[C@@H]1C[C@H]1CN1C(=O)CC(C)(C)N=C1N.O=C(O)C(F)(F)F. The molecule has 12 heteroatoms. The number of carboxylic acids is 1. The average Bonchev–Trinajstić information content (AvgIpc) is 3.48. The summed E-state index contributed by atoms with van der Waals surface area (Å²) in [5.74, 6) is -1.61. The minimum Gasteiger partial charge on any atom is -0.487 e. The molecule has 3 atom stereocenters. The van der Waals surface area contributed by atoms with Crippen molar-refractivity contribution in [1.29, 1.82) is 0 Å². The molecule has 2 aliphatic heterocycles. The highest BCUT2D eigenvalue weighted by Gasteiger charge is 2.47. The number of aryl methyl sites for hydroxylation is 1. The van der Waals surface area contributed by atoms with E-state index in [2.05, 4.69) is 10.3 Å². The fraction of sp³-hybridized carbons (Fsp3) is 0.600. The van der Waals surface area contributed by atoms with Crippen molar-refractivity contribution in [2.24, 2.45) is 22.6 Å². The van der Waals surface area contributed by atoms with Gasteiger partial charge in [0.15, 0.2) is 5.96 Å². The first-order valence-electron chi connectivity index (χ1n) is 11.9. The van der Waals surface area contributed by atoms with E-state index in [-0.39, 0.29) is 41.3 Å². The molecule has 0 saturated heterocycles. The molecule has 3 aliphatic rings. The maximum absolute atomic E-state index is 13.0. The highest BCUT2D eigenvalue weighted by Crippen LogP contribution is 2.43. The third kappa shape index (κ3) is 7.14. The summed E-state index contributed by atoms with van der Waals surface area (Å²) in [6.07, 6.45) is -3.27. The fourth-order valence-corrected chi connectivity index (χ4v) is 4.57. The number of guanidine groups is 1. The number of fused-ring (bicyclic) bond motifs is 1. The number of aliphatic imine (C=N–C) groups is 1. The predicted octanol–water partition coefficient (Wildman–Crippen LogP) is 3.31. The van der Waals surface area contributed by atoms with Gasteiger partial charge >= 0.3 is 12.1 Å². The van der Waals surface area contributed by atoms with E-state index in [0.29, 0.717) is 19.4 Å². The van der Waals surface area contributed by atoms with Crippen molar-refractivity contribution >= 4 is 23.7 Å². The van der Waals surface area contributed by atoms with Gasteiger partial charge in [-0.2, -0.15) is 13.2 Å². The minimum atomic E-state index is -5.08. The molecule has 0 bridgehead atoms. The molecule has 4 N–H and O–H groups in total. The van der Waals surface area contributed by atoms with Crippen molar-refractivity contribution in [3.63, 3.8) is 0 Å². The van der Waals surface area contributed by atoms with Gasteiger partial charge in [-0.25, -0.2) is 9.79 Å². The van der Waals surface area contributed by atoms with Crippen molar-refractivity contribution in [2.45, 2.75) is 77.2 Å². The zero-order valence-electron chi connectivity index (χ0n) is 21.5. The van der Waals surface area contributed by atoms with E-state index in [4.69, 9.17) is 20.4 Å². The Morgan fingerprint density at radius 2 is 1.89 bits per heavy atom. The molecule has 2 amide bonds. The van der Waals surface area contributed by atoms with Crippen LogP contribution in [-0.2, 0) is 14.4 Å². The number of nitrogens with two attached hydrogens (primary N) is 1. The van der Waals surface area contributed by atoms with E-state index in [1.165, 1.54) is 0 Å². The largest absolute Gasteiger partial charge is 0.490 e. The first kappa shape index (κ1) is 28.3. The van der Waals surface area contributed by atoms with Crippen LogP contribution in [0.2, 0.25) is 0 Å². The Labute approximate surface area is 213 Å². The summed E-state index contributed by atoms with van der Waals surface area (Å²) >= 11 is 0. The zero-order valence-corrected chi connectivity index (χ0v) is 21.5. The highest BCUT2D eigenvalue weighted by atomic mass is 19.4. The summed E-state index contributed by atoms with van der Waals surface area (Å²) < 4.78 is 37.9. The molecule has 0 radical (unpaired) electrons. The second kappa shape index (κ2) is 9.86. The molecule has 1 unspecified atom stereocenters. The van der Waals surface area contributed by atoms with Crippen LogP contribution >= 0.6 is 0 Å². The number of aliphatic carboxylic acids is 1. The molecular formula is C25H33F3N4O5. The normalized spacial score (nSPS) is 25.5.